The summed E-state index contributed by atoms with van der Waals surface area (Å²) in [5, 5.41) is 6.19. The number of carbonyl (C=O) groups is 4. The molecule has 4 amide bonds. The first-order chi connectivity index (χ1) is 20.6. The molecule has 11 nitrogen and oxygen atoms in total. The van der Waals surface area contributed by atoms with Gasteiger partial charge in [-0.15, -0.1) is 0 Å². The molecule has 3 atom stereocenters. The van der Waals surface area contributed by atoms with E-state index < -0.39 is 57.2 Å². The highest BCUT2D eigenvalue weighted by atomic mass is 35.5. The van der Waals surface area contributed by atoms with Crippen LogP contribution in [0.4, 0.5) is 0 Å². The molecule has 44 heavy (non-hydrogen) atoms. The number of halogens is 3. The number of hydrogen-bond acceptors (Lipinski definition) is 7. The molecule has 2 saturated heterocycles. The predicted octanol–water partition coefficient (Wildman–Crippen LogP) is 2.72. The predicted molar refractivity (Wildman–Crippen MR) is 167 cm³/mol. The summed E-state index contributed by atoms with van der Waals surface area (Å²) in [6, 6.07) is 7.68. The number of fused-ring (bicyclic) bond motifs is 1. The summed E-state index contributed by atoms with van der Waals surface area (Å²) < 4.78 is 29.3. The van der Waals surface area contributed by atoms with Gasteiger partial charge in [0.05, 0.1) is 16.5 Å². The number of rotatable bonds is 9. The van der Waals surface area contributed by atoms with Crippen LogP contribution in [0.25, 0.3) is 0 Å². The Balaban J connectivity index is 1.82. The summed E-state index contributed by atoms with van der Waals surface area (Å²) in [5.41, 5.74) is 0.635. The Morgan fingerprint density at radius 2 is 1.66 bits per heavy atom. The third-order valence-corrected chi connectivity index (χ3v) is 11.0. The smallest absolute Gasteiger partial charge is 0.249 e. The zero-order chi connectivity index (χ0) is 32.6. The zero-order valence-corrected chi connectivity index (χ0v) is 27.7. The van der Waals surface area contributed by atoms with Crippen molar-refractivity contribution < 1.29 is 27.6 Å². The molecule has 3 unspecified atom stereocenters. The van der Waals surface area contributed by atoms with Gasteiger partial charge in [-0.2, -0.15) is 0 Å². The maximum Gasteiger partial charge on any atom is 0.249 e. The fourth-order valence-corrected chi connectivity index (χ4v) is 8.22. The van der Waals surface area contributed by atoms with Crippen LogP contribution in [-0.4, -0.2) is 97.1 Å². The molecule has 0 aliphatic carbocycles. The average molecular weight is 687 g/mol. The highest BCUT2D eigenvalue weighted by Crippen LogP contribution is 2.40. The summed E-state index contributed by atoms with van der Waals surface area (Å²) in [4.78, 5) is 54.6. The van der Waals surface area contributed by atoms with E-state index in [0.29, 0.717) is 10.6 Å². The molecular formula is C29H34Cl3N5O6S. The van der Waals surface area contributed by atoms with Gasteiger partial charge in [0.25, 0.3) is 0 Å². The van der Waals surface area contributed by atoms with Crippen molar-refractivity contribution in [2.75, 3.05) is 27.2 Å². The van der Waals surface area contributed by atoms with Crippen LogP contribution in [0, 0.1) is 0 Å². The van der Waals surface area contributed by atoms with E-state index in [1.807, 2.05) is 0 Å². The Labute approximate surface area is 271 Å². The molecule has 0 saturated carbocycles. The number of benzene rings is 2. The van der Waals surface area contributed by atoms with Crippen molar-refractivity contribution in [1.29, 1.82) is 0 Å². The number of hydrogen-bond donors (Lipinski definition) is 2. The first-order valence-corrected chi connectivity index (χ1v) is 16.5. The number of sulfone groups is 1. The van der Waals surface area contributed by atoms with Crippen molar-refractivity contribution in [3.63, 3.8) is 0 Å². The molecule has 0 aromatic heterocycles. The first kappa shape index (κ1) is 34.0. The Morgan fingerprint density at radius 3 is 2.25 bits per heavy atom. The third kappa shape index (κ3) is 6.55. The third-order valence-electron chi connectivity index (χ3n) is 7.77. The van der Waals surface area contributed by atoms with E-state index in [9.17, 15) is 27.6 Å². The quantitative estimate of drug-likeness (QED) is 0.414. The van der Waals surface area contributed by atoms with Gasteiger partial charge in [0, 0.05) is 56.0 Å². The van der Waals surface area contributed by atoms with Crippen LogP contribution in [0.1, 0.15) is 32.3 Å². The van der Waals surface area contributed by atoms with Gasteiger partial charge in [0.1, 0.15) is 12.1 Å². The minimum Gasteiger partial charge on any atom is -0.349 e. The van der Waals surface area contributed by atoms with Crippen LogP contribution in [0.15, 0.2) is 47.4 Å². The molecule has 2 aliphatic rings. The van der Waals surface area contributed by atoms with Crippen LogP contribution >= 0.6 is 34.8 Å². The van der Waals surface area contributed by atoms with Crippen LogP contribution in [0.3, 0.4) is 0 Å². The van der Waals surface area contributed by atoms with Gasteiger partial charge in [-0.3, -0.25) is 29.4 Å². The van der Waals surface area contributed by atoms with Crippen molar-refractivity contribution in [3.05, 3.63) is 63.1 Å². The lowest BCUT2D eigenvalue weighted by Gasteiger charge is -2.57. The normalized spacial score (nSPS) is 22.2. The van der Waals surface area contributed by atoms with Crippen molar-refractivity contribution in [2.45, 2.75) is 61.1 Å². The fraction of sp³-hybridized carbons (Fsp3) is 0.448. The van der Waals surface area contributed by atoms with E-state index in [-0.39, 0.29) is 46.7 Å². The van der Waals surface area contributed by atoms with Crippen LogP contribution < -0.4 is 10.6 Å². The van der Waals surface area contributed by atoms with E-state index in [4.69, 9.17) is 34.8 Å². The average Bonchev–Trinajstić information content (AvgIpc) is 2.95. The first-order valence-electron chi connectivity index (χ1n) is 13.9. The molecule has 2 N–H and O–H groups in total. The van der Waals surface area contributed by atoms with E-state index in [2.05, 4.69) is 10.6 Å². The van der Waals surface area contributed by atoms with Crippen LogP contribution in [0.5, 0.6) is 0 Å². The van der Waals surface area contributed by atoms with Crippen molar-refractivity contribution in [2.24, 2.45) is 0 Å². The summed E-state index contributed by atoms with van der Waals surface area (Å²) >= 11 is 18.5. The summed E-state index contributed by atoms with van der Waals surface area (Å²) in [6.45, 7) is 2.85. The molecule has 2 aliphatic heterocycles. The van der Waals surface area contributed by atoms with E-state index in [1.54, 1.807) is 52.2 Å². The Morgan fingerprint density at radius 1 is 1.02 bits per heavy atom. The number of amides is 4. The molecule has 15 heteroatoms. The summed E-state index contributed by atoms with van der Waals surface area (Å²) in [7, 11) is -1.41. The maximum absolute atomic E-state index is 14.6. The number of nitrogens with zero attached hydrogens (tertiary/aromatic N) is 3. The van der Waals surface area contributed by atoms with Crippen LogP contribution in [-0.2, 0) is 35.4 Å². The summed E-state index contributed by atoms with van der Waals surface area (Å²) in [5.74, 6) is -2.06. The van der Waals surface area contributed by atoms with Crippen molar-refractivity contribution in [1.82, 2.24) is 25.3 Å². The van der Waals surface area contributed by atoms with E-state index in [0.717, 1.165) is 4.90 Å². The van der Waals surface area contributed by atoms with Crippen molar-refractivity contribution in [3.8, 4) is 0 Å². The molecule has 0 radical (unpaired) electrons. The second kappa shape index (κ2) is 13.2. The monoisotopic (exact) mass is 685 g/mol. The zero-order valence-electron chi connectivity index (χ0n) is 24.6. The van der Waals surface area contributed by atoms with Gasteiger partial charge in [0.2, 0.25) is 38.5 Å². The maximum atomic E-state index is 14.6. The SMILES string of the molecule is CC(C)N1CC2(S(=O)(=O)c3ccc(Cl)cc3Cl)NCC(NC(=O)CCC(=O)N(C)C)C(=O)N2C(Cc2ccc(Cl)cc2)C1=O. The lowest BCUT2D eigenvalue weighted by molar-refractivity contribution is -0.167. The van der Waals surface area contributed by atoms with Crippen LogP contribution in [0.2, 0.25) is 15.1 Å². The second-order valence-electron chi connectivity index (χ2n) is 11.3. The molecule has 0 spiro atoms. The molecule has 238 valence electrons. The molecule has 2 aromatic rings. The highest BCUT2D eigenvalue weighted by molar-refractivity contribution is 7.93. The van der Waals surface area contributed by atoms with Gasteiger partial charge in [-0.25, -0.2) is 8.42 Å². The molecule has 2 heterocycles. The van der Waals surface area contributed by atoms with Gasteiger partial charge in [0.15, 0.2) is 0 Å². The molecule has 0 bridgehead atoms. The Hall–Kier alpha value is -2.90. The number of nitrogens with one attached hydrogen (secondary N) is 2. The lowest BCUT2D eigenvalue weighted by atomic mass is 9.96. The van der Waals surface area contributed by atoms with E-state index in [1.165, 1.54) is 28.0 Å². The minimum absolute atomic E-state index is 0.0315. The minimum atomic E-state index is -4.54. The molecular weight excluding hydrogens is 653 g/mol. The molecule has 2 aromatic carbocycles. The fourth-order valence-electron chi connectivity index (χ4n) is 5.40. The Kier molecular flexibility index (Phi) is 10.2. The lowest BCUT2D eigenvalue weighted by Crippen LogP contribution is -2.83. The number of piperazine rings is 1. The van der Waals surface area contributed by atoms with Gasteiger partial charge in [-0.1, -0.05) is 46.9 Å². The standard InChI is InChI=1S/C29H34Cl3N5O6S/c1-17(2)36-16-29(44(42,43)24-10-9-20(31)14-21(24)32)33-15-22(34-25(38)11-12-26(39)35(3)4)27(40)37(29)23(28(36)41)13-18-5-7-19(30)8-6-18/h5-10,14,17,22-23,33H,11-13,15-16H2,1-4H3,(H,34,38). The largest absolute Gasteiger partial charge is 0.349 e. The summed E-state index contributed by atoms with van der Waals surface area (Å²) in [6.07, 6.45) is -0.291. The van der Waals surface area contributed by atoms with Gasteiger partial charge < -0.3 is 15.1 Å². The number of carbonyl (C=O) groups excluding carboxylic acids is 4. The Bertz CT molecular complexity index is 1570. The second-order valence-corrected chi connectivity index (χ2v) is 14.7. The topological polar surface area (TPSA) is 136 Å². The molecule has 4 rings (SSSR count). The highest BCUT2D eigenvalue weighted by Gasteiger charge is 2.63. The van der Waals surface area contributed by atoms with Gasteiger partial charge >= 0.3 is 0 Å². The van der Waals surface area contributed by atoms with Gasteiger partial charge in [-0.05, 0) is 49.7 Å². The van der Waals surface area contributed by atoms with E-state index >= 15 is 0 Å². The molecule has 2 fully saturated rings. The van der Waals surface area contributed by atoms with Crippen molar-refractivity contribution >= 4 is 68.3 Å².